The highest BCUT2D eigenvalue weighted by Gasteiger charge is 2.14. The number of para-hydroxylation sites is 1. The molecular weight excluding hydrogens is 240 g/mol. The summed E-state index contributed by atoms with van der Waals surface area (Å²) < 4.78 is 4.69. The van der Waals surface area contributed by atoms with Crippen LogP contribution in [0.25, 0.3) is 10.9 Å². The quantitative estimate of drug-likeness (QED) is 0.657. The van der Waals surface area contributed by atoms with Gasteiger partial charge in [0, 0.05) is 18.1 Å². The van der Waals surface area contributed by atoms with E-state index in [2.05, 4.69) is 16.9 Å². The lowest BCUT2D eigenvalue weighted by atomic mass is 10.1. The number of nitrogens with zero attached hydrogens (tertiary/aromatic N) is 1. The van der Waals surface area contributed by atoms with Crippen molar-refractivity contribution in [1.82, 2.24) is 10.3 Å². The van der Waals surface area contributed by atoms with Crippen molar-refractivity contribution >= 4 is 16.9 Å². The van der Waals surface area contributed by atoms with E-state index in [1.165, 1.54) is 13.2 Å². The topological polar surface area (TPSA) is 51.2 Å². The predicted octanol–water partition coefficient (Wildman–Crippen LogP) is 2.05. The zero-order valence-electron chi connectivity index (χ0n) is 10.8. The molecule has 0 aliphatic rings. The van der Waals surface area contributed by atoms with Crippen molar-refractivity contribution in [3.63, 3.8) is 0 Å². The van der Waals surface area contributed by atoms with Gasteiger partial charge >= 0.3 is 5.97 Å². The van der Waals surface area contributed by atoms with Gasteiger partial charge in [-0.2, -0.15) is 0 Å². The molecule has 1 unspecified atom stereocenters. The van der Waals surface area contributed by atoms with Crippen LogP contribution in [0.3, 0.4) is 0 Å². The minimum atomic E-state index is -0.510. The summed E-state index contributed by atoms with van der Waals surface area (Å²) in [6.45, 7) is 4.15. The zero-order valence-corrected chi connectivity index (χ0v) is 10.8. The van der Waals surface area contributed by atoms with Crippen molar-refractivity contribution in [2.75, 3.05) is 7.11 Å². The SMILES string of the molecule is C=CC(NCc1cccc2cccnc12)C(=O)OC. The number of fused-ring (bicyclic) bond motifs is 1. The molecule has 0 aliphatic heterocycles. The third-order valence-corrected chi connectivity index (χ3v) is 2.92. The fourth-order valence-corrected chi connectivity index (χ4v) is 1.92. The molecule has 4 nitrogen and oxygen atoms in total. The van der Waals surface area contributed by atoms with Crippen LogP contribution in [-0.2, 0) is 16.1 Å². The Morgan fingerprint density at radius 2 is 2.26 bits per heavy atom. The molecule has 98 valence electrons. The van der Waals surface area contributed by atoms with Gasteiger partial charge in [-0.25, -0.2) is 0 Å². The molecule has 0 amide bonds. The Balaban J connectivity index is 2.17. The third kappa shape index (κ3) is 2.98. The number of rotatable bonds is 5. The fourth-order valence-electron chi connectivity index (χ4n) is 1.92. The summed E-state index contributed by atoms with van der Waals surface area (Å²) in [5.74, 6) is -0.344. The first-order chi connectivity index (χ1) is 9.26. The molecule has 2 rings (SSSR count). The van der Waals surface area contributed by atoms with Crippen LogP contribution in [0.15, 0.2) is 49.2 Å². The van der Waals surface area contributed by atoms with E-state index in [1.54, 1.807) is 6.20 Å². The third-order valence-electron chi connectivity index (χ3n) is 2.92. The number of esters is 1. The van der Waals surface area contributed by atoms with Crippen molar-refractivity contribution in [3.05, 3.63) is 54.7 Å². The van der Waals surface area contributed by atoms with E-state index in [-0.39, 0.29) is 5.97 Å². The first-order valence-corrected chi connectivity index (χ1v) is 6.02. The molecule has 0 fully saturated rings. The molecule has 0 saturated carbocycles. The Labute approximate surface area is 112 Å². The number of hydrogen-bond donors (Lipinski definition) is 1. The second kappa shape index (κ2) is 6.11. The lowest BCUT2D eigenvalue weighted by Gasteiger charge is -2.13. The number of carbonyl (C=O) groups is 1. The summed E-state index contributed by atoms with van der Waals surface area (Å²) >= 11 is 0. The van der Waals surface area contributed by atoms with Gasteiger partial charge in [0.2, 0.25) is 0 Å². The number of aromatic nitrogens is 1. The molecule has 0 radical (unpaired) electrons. The molecule has 1 aromatic heterocycles. The Bertz CT molecular complexity index is 590. The smallest absolute Gasteiger partial charge is 0.326 e. The molecule has 0 saturated heterocycles. The van der Waals surface area contributed by atoms with Gasteiger partial charge in [0.1, 0.15) is 6.04 Å². The van der Waals surface area contributed by atoms with Crippen LogP contribution in [0.2, 0.25) is 0 Å². The number of benzene rings is 1. The van der Waals surface area contributed by atoms with Crippen LogP contribution in [0, 0.1) is 0 Å². The number of pyridine rings is 1. The van der Waals surface area contributed by atoms with Crippen LogP contribution in [0.4, 0.5) is 0 Å². The molecule has 4 heteroatoms. The number of nitrogens with one attached hydrogen (secondary N) is 1. The largest absolute Gasteiger partial charge is 0.468 e. The van der Waals surface area contributed by atoms with Crippen LogP contribution >= 0.6 is 0 Å². The van der Waals surface area contributed by atoms with E-state index >= 15 is 0 Å². The highest BCUT2D eigenvalue weighted by atomic mass is 16.5. The summed E-state index contributed by atoms with van der Waals surface area (Å²) in [5.41, 5.74) is 1.97. The predicted molar refractivity (Wildman–Crippen MR) is 74.6 cm³/mol. The van der Waals surface area contributed by atoms with Crippen molar-refractivity contribution in [3.8, 4) is 0 Å². The fraction of sp³-hybridized carbons (Fsp3) is 0.200. The van der Waals surface area contributed by atoms with Gasteiger partial charge in [-0.1, -0.05) is 30.3 Å². The van der Waals surface area contributed by atoms with Crippen LogP contribution < -0.4 is 5.32 Å². The summed E-state index contributed by atoms with van der Waals surface area (Å²) in [4.78, 5) is 15.8. The Hall–Kier alpha value is -2.20. The van der Waals surface area contributed by atoms with Gasteiger partial charge in [0.15, 0.2) is 0 Å². The Kier molecular flexibility index (Phi) is 4.26. The average molecular weight is 256 g/mol. The van der Waals surface area contributed by atoms with E-state index in [9.17, 15) is 4.79 Å². The number of hydrogen-bond acceptors (Lipinski definition) is 4. The van der Waals surface area contributed by atoms with Crippen molar-refractivity contribution < 1.29 is 9.53 Å². The lowest BCUT2D eigenvalue weighted by molar-refractivity contribution is -0.141. The maximum absolute atomic E-state index is 11.5. The molecule has 2 aromatic rings. The summed E-state index contributed by atoms with van der Waals surface area (Å²) in [6.07, 6.45) is 3.29. The summed E-state index contributed by atoms with van der Waals surface area (Å²) in [5, 5.41) is 4.17. The number of ether oxygens (including phenoxy) is 1. The van der Waals surface area contributed by atoms with Gasteiger partial charge < -0.3 is 4.74 Å². The molecule has 1 heterocycles. The molecular formula is C15H16N2O2. The lowest BCUT2D eigenvalue weighted by Crippen LogP contribution is -2.35. The van der Waals surface area contributed by atoms with Crippen molar-refractivity contribution in [2.45, 2.75) is 12.6 Å². The number of methoxy groups -OCH3 is 1. The monoisotopic (exact) mass is 256 g/mol. The standard InChI is InChI=1S/C15H16N2O2/c1-3-13(15(18)19-2)17-10-12-7-4-6-11-8-5-9-16-14(11)12/h3-9,13,17H,1,10H2,2H3. The van der Waals surface area contributed by atoms with E-state index < -0.39 is 6.04 Å². The maximum Gasteiger partial charge on any atom is 0.326 e. The normalized spacial score (nSPS) is 12.1. The van der Waals surface area contributed by atoms with Crippen LogP contribution in [0.5, 0.6) is 0 Å². The minimum absolute atomic E-state index is 0.344. The van der Waals surface area contributed by atoms with Crippen LogP contribution in [0.1, 0.15) is 5.56 Å². The molecule has 1 aromatic carbocycles. The molecule has 0 aliphatic carbocycles. The van der Waals surface area contributed by atoms with E-state index in [4.69, 9.17) is 4.74 Å². The van der Waals surface area contributed by atoms with Crippen LogP contribution in [-0.4, -0.2) is 24.1 Å². The summed E-state index contributed by atoms with van der Waals surface area (Å²) in [6, 6.07) is 9.38. The van der Waals surface area contributed by atoms with Crippen molar-refractivity contribution in [1.29, 1.82) is 0 Å². The highest BCUT2D eigenvalue weighted by Crippen LogP contribution is 2.15. The molecule has 0 bridgehead atoms. The summed E-state index contributed by atoms with van der Waals surface area (Å²) in [7, 11) is 1.36. The van der Waals surface area contributed by atoms with Gasteiger partial charge in [0.05, 0.1) is 12.6 Å². The maximum atomic E-state index is 11.5. The van der Waals surface area contributed by atoms with E-state index in [1.807, 2.05) is 30.3 Å². The van der Waals surface area contributed by atoms with Gasteiger partial charge in [0.25, 0.3) is 0 Å². The van der Waals surface area contributed by atoms with E-state index in [0.29, 0.717) is 6.54 Å². The van der Waals surface area contributed by atoms with Gasteiger partial charge in [-0.3, -0.25) is 15.1 Å². The zero-order chi connectivity index (χ0) is 13.7. The van der Waals surface area contributed by atoms with Gasteiger partial charge in [-0.05, 0) is 11.6 Å². The van der Waals surface area contributed by atoms with E-state index in [0.717, 1.165) is 16.5 Å². The average Bonchev–Trinajstić information content (AvgIpc) is 2.47. The molecule has 1 atom stereocenters. The second-order valence-corrected chi connectivity index (χ2v) is 4.11. The second-order valence-electron chi connectivity index (χ2n) is 4.11. The highest BCUT2D eigenvalue weighted by molar-refractivity contribution is 5.81. The van der Waals surface area contributed by atoms with Crippen molar-refractivity contribution in [2.24, 2.45) is 0 Å². The first kappa shape index (κ1) is 13.2. The van der Waals surface area contributed by atoms with Gasteiger partial charge in [-0.15, -0.1) is 6.58 Å². The molecule has 0 spiro atoms. The molecule has 1 N–H and O–H groups in total. The first-order valence-electron chi connectivity index (χ1n) is 6.02. The Morgan fingerprint density at radius 1 is 1.47 bits per heavy atom. The Morgan fingerprint density at radius 3 is 3.00 bits per heavy atom. The minimum Gasteiger partial charge on any atom is -0.468 e. The molecule has 19 heavy (non-hydrogen) atoms. The number of carbonyl (C=O) groups excluding carboxylic acids is 1.